The fraction of sp³-hybridized carbons (Fsp3) is 0.944. The van der Waals surface area contributed by atoms with E-state index in [0.29, 0.717) is 17.4 Å². The summed E-state index contributed by atoms with van der Waals surface area (Å²) in [6.07, 6.45) is 74.9. The van der Waals surface area contributed by atoms with E-state index in [1.165, 1.54) is 295 Å². The third-order valence-corrected chi connectivity index (χ3v) is 17.9. The minimum atomic E-state index is -4.70. The summed E-state index contributed by atoms with van der Waals surface area (Å²) in [6, 6.07) is -0.880. The van der Waals surface area contributed by atoms with Gasteiger partial charge in [-0.15, -0.1) is 0 Å². The van der Waals surface area contributed by atoms with Gasteiger partial charge in [0.05, 0.1) is 33.8 Å². The maximum Gasteiger partial charge on any atom is 0.306 e. The minimum absolute atomic E-state index is 0.0164. The van der Waals surface area contributed by atoms with Crippen LogP contribution in [0.5, 0.6) is 0 Å². The lowest BCUT2D eigenvalue weighted by Gasteiger charge is -2.30. The van der Waals surface area contributed by atoms with Crippen LogP contribution in [0.2, 0.25) is 0 Å². The first-order valence-electron chi connectivity index (χ1n) is 36.5. The summed E-state index contributed by atoms with van der Waals surface area (Å²) < 4.78 is 30.5. The van der Waals surface area contributed by atoms with Crippen LogP contribution in [0.1, 0.15) is 387 Å². The summed E-state index contributed by atoms with van der Waals surface area (Å²) in [7, 11) is 1.21. The molecule has 3 atom stereocenters. The summed E-state index contributed by atoms with van der Waals surface area (Å²) in [5, 5.41) is 3.05. The highest BCUT2D eigenvalue weighted by Gasteiger charge is 2.27. The molecule has 0 saturated heterocycles. The molecule has 0 aromatic rings. The normalized spacial score (nSPS) is 13.5. The van der Waals surface area contributed by atoms with Gasteiger partial charge in [0.25, 0.3) is 7.82 Å². The van der Waals surface area contributed by atoms with E-state index in [1.54, 1.807) is 0 Å². The number of allylic oxidation sites excluding steroid dienone is 1. The molecule has 0 saturated carbocycles. The average molecular weight is 1180 g/mol. The van der Waals surface area contributed by atoms with Gasteiger partial charge in [0.1, 0.15) is 19.3 Å². The van der Waals surface area contributed by atoms with Gasteiger partial charge in [0.2, 0.25) is 5.91 Å². The average Bonchev–Trinajstić information content (AvgIpc) is 3.44. The smallest absolute Gasteiger partial charge is 0.306 e. The number of carbonyl (C=O) groups is 2. The highest BCUT2D eigenvalue weighted by atomic mass is 31.2. The van der Waals surface area contributed by atoms with Gasteiger partial charge in [-0.2, -0.15) is 0 Å². The molecule has 488 valence electrons. The predicted molar refractivity (Wildman–Crippen MR) is 354 cm³/mol. The number of carbonyl (C=O) groups excluding carboxylic acids is 2. The van der Waals surface area contributed by atoms with Crippen LogP contribution in [-0.4, -0.2) is 69.4 Å². The number of ether oxygens (including phenoxy) is 1. The minimum Gasteiger partial charge on any atom is -0.756 e. The molecule has 3 unspecified atom stereocenters. The second-order valence-electron chi connectivity index (χ2n) is 26.5. The predicted octanol–water partition coefficient (Wildman–Crippen LogP) is 22.4. The van der Waals surface area contributed by atoms with Gasteiger partial charge in [0.15, 0.2) is 0 Å². The van der Waals surface area contributed by atoms with Crippen molar-refractivity contribution in [3.8, 4) is 0 Å². The van der Waals surface area contributed by atoms with Crippen molar-refractivity contribution in [2.45, 2.75) is 399 Å². The van der Waals surface area contributed by atoms with Crippen LogP contribution >= 0.6 is 7.82 Å². The summed E-state index contributed by atoms with van der Waals surface area (Å²) in [4.78, 5) is 40.2. The van der Waals surface area contributed by atoms with E-state index < -0.39 is 20.0 Å². The van der Waals surface area contributed by atoms with Crippen LogP contribution < -0.4 is 10.2 Å². The van der Waals surface area contributed by atoms with Crippen LogP contribution in [0.3, 0.4) is 0 Å². The summed E-state index contributed by atoms with van der Waals surface area (Å²) >= 11 is 0. The molecule has 1 N–H and O–H groups in total. The van der Waals surface area contributed by atoms with Gasteiger partial charge in [-0.05, 0) is 31.8 Å². The Kier molecular flexibility index (Phi) is 61.8. The highest BCUT2D eigenvalue weighted by Crippen LogP contribution is 2.38. The monoisotopic (exact) mass is 1180 g/mol. The van der Waals surface area contributed by atoms with Gasteiger partial charge in [-0.1, -0.05) is 354 Å². The first kappa shape index (κ1) is 80.8. The molecular formula is C72H143N2O7P. The lowest BCUT2D eigenvalue weighted by Crippen LogP contribution is -2.47. The van der Waals surface area contributed by atoms with Crippen molar-refractivity contribution >= 4 is 19.7 Å². The first-order valence-corrected chi connectivity index (χ1v) is 38.0. The van der Waals surface area contributed by atoms with E-state index in [4.69, 9.17) is 13.8 Å². The molecule has 0 aromatic heterocycles. The second kappa shape index (κ2) is 62.8. The standard InChI is InChI=1S/C72H143N2O7P/c1-7-10-13-16-19-22-25-28-30-32-34-35-36-37-38-39-41-43-45-47-50-53-56-59-62-65-72(76)81-70(63-60-57-54-51-48-27-24-21-18-15-12-9-3)69(68-80-82(77,78)79-67-66-74(4,5)6)73-71(75)64-61-58-55-52-49-46-44-42-40-33-31-29-26-23-20-17-14-11-8-2/h60,63,69-70H,7-59,61-62,64-68H2,1-6H3,(H-,73,75,77,78)/b63-60-. The number of hydrogen-bond acceptors (Lipinski definition) is 7. The molecule has 0 aliphatic rings. The van der Waals surface area contributed by atoms with Crippen LogP contribution in [0.4, 0.5) is 0 Å². The summed E-state index contributed by atoms with van der Waals surface area (Å²) in [5.41, 5.74) is 0. The molecule has 0 rings (SSSR count). The summed E-state index contributed by atoms with van der Waals surface area (Å²) in [6.45, 7) is 6.93. The molecule has 0 fully saturated rings. The van der Waals surface area contributed by atoms with Crippen molar-refractivity contribution in [3.05, 3.63) is 12.2 Å². The zero-order chi connectivity index (χ0) is 60.0. The Morgan fingerprint density at radius 1 is 0.415 bits per heavy atom. The van der Waals surface area contributed by atoms with E-state index in [0.717, 1.165) is 57.8 Å². The number of phosphoric acid groups is 1. The molecule has 0 aromatic carbocycles. The number of nitrogens with one attached hydrogen (secondary N) is 1. The van der Waals surface area contributed by atoms with E-state index >= 15 is 0 Å². The number of rotatable bonds is 68. The van der Waals surface area contributed by atoms with Crippen LogP contribution in [0, 0.1) is 0 Å². The molecular weight excluding hydrogens is 1040 g/mol. The Balaban J connectivity index is 4.98. The number of nitrogens with zero attached hydrogens (tertiary/aromatic N) is 1. The van der Waals surface area contributed by atoms with Crippen molar-refractivity contribution in [3.63, 3.8) is 0 Å². The third-order valence-electron chi connectivity index (χ3n) is 17.0. The molecule has 0 heterocycles. The molecule has 0 aliphatic carbocycles. The van der Waals surface area contributed by atoms with Gasteiger partial charge in [-0.3, -0.25) is 14.2 Å². The molecule has 0 aliphatic heterocycles. The van der Waals surface area contributed by atoms with E-state index in [9.17, 15) is 19.0 Å². The molecule has 9 nitrogen and oxygen atoms in total. The lowest BCUT2D eigenvalue weighted by molar-refractivity contribution is -0.870. The number of quaternary nitrogens is 1. The van der Waals surface area contributed by atoms with Crippen molar-refractivity contribution in [2.75, 3.05) is 40.9 Å². The van der Waals surface area contributed by atoms with E-state index in [2.05, 4.69) is 26.1 Å². The highest BCUT2D eigenvalue weighted by molar-refractivity contribution is 7.45. The maximum absolute atomic E-state index is 13.6. The molecule has 10 heteroatoms. The Bertz CT molecular complexity index is 1410. The van der Waals surface area contributed by atoms with Gasteiger partial charge >= 0.3 is 5.97 Å². The molecule has 0 spiro atoms. The van der Waals surface area contributed by atoms with Crippen molar-refractivity contribution < 1.29 is 37.3 Å². The van der Waals surface area contributed by atoms with Crippen LogP contribution in [0.25, 0.3) is 0 Å². The molecule has 0 radical (unpaired) electrons. The Morgan fingerprint density at radius 2 is 0.695 bits per heavy atom. The van der Waals surface area contributed by atoms with Crippen LogP contribution in [-0.2, 0) is 27.9 Å². The fourth-order valence-corrected chi connectivity index (χ4v) is 12.1. The SMILES string of the molecule is CCCCCCCCCCCC/C=C\C(OC(=O)CCCCCCCCCCCCCCCCCCCCCCCCCCC)C(COP(=O)([O-])OCC[N+](C)(C)C)NC(=O)CCCCCCCCCCCCCCCCCCCCC. The van der Waals surface area contributed by atoms with Crippen molar-refractivity contribution in [2.24, 2.45) is 0 Å². The van der Waals surface area contributed by atoms with E-state index in [1.807, 2.05) is 33.3 Å². The molecule has 0 bridgehead atoms. The zero-order valence-electron chi connectivity index (χ0n) is 56.0. The first-order chi connectivity index (χ1) is 39.9. The Morgan fingerprint density at radius 3 is 1.00 bits per heavy atom. The number of phosphoric ester groups is 1. The Labute approximate surface area is 511 Å². The molecule has 82 heavy (non-hydrogen) atoms. The summed E-state index contributed by atoms with van der Waals surface area (Å²) in [5.74, 6) is -0.512. The topological polar surface area (TPSA) is 114 Å². The van der Waals surface area contributed by atoms with Crippen LogP contribution in [0.15, 0.2) is 12.2 Å². The van der Waals surface area contributed by atoms with Crippen molar-refractivity contribution in [1.29, 1.82) is 0 Å². The molecule has 1 amide bonds. The number of unbranched alkanes of at least 4 members (excludes halogenated alkanes) is 52. The number of amides is 1. The van der Waals surface area contributed by atoms with E-state index in [-0.39, 0.29) is 31.5 Å². The zero-order valence-corrected chi connectivity index (χ0v) is 56.9. The quantitative estimate of drug-likeness (QED) is 0.0212. The van der Waals surface area contributed by atoms with Gasteiger partial charge in [0, 0.05) is 12.8 Å². The maximum atomic E-state index is 13.6. The number of likely N-dealkylation sites (N-methyl/N-ethyl adjacent to an activating group) is 1. The second-order valence-corrected chi connectivity index (χ2v) is 27.9. The Hall–Kier alpha value is -1.25. The lowest BCUT2D eigenvalue weighted by atomic mass is 10.0. The van der Waals surface area contributed by atoms with Crippen molar-refractivity contribution in [1.82, 2.24) is 5.32 Å². The van der Waals surface area contributed by atoms with Gasteiger partial charge < -0.3 is 28.5 Å². The van der Waals surface area contributed by atoms with Gasteiger partial charge in [-0.25, -0.2) is 0 Å². The number of hydrogen-bond donors (Lipinski definition) is 1. The largest absolute Gasteiger partial charge is 0.756 e. The number of esters is 1. The third kappa shape index (κ3) is 63.3. The fourth-order valence-electron chi connectivity index (χ4n) is 11.4.